The van der Waals surface area contributed by atoms with E-state index >= 15 is 0 Å². The molecule has 0 rings (SSSR count). The lowest BCUT2D eigenvalue weighted by molar-refractivity contribution is 0.167. The largest absolute Gasteiger partial charge is 0.411 e. The molecule has 0 heterocycles. The van der Waals surface area contributed by atoms with Crippen molar-refractivity contribution in [2.75, 3.05) is 36.2 Å². The quantitative estimate of drug-likeness (QED) is 0.278. The molecule has 0 bridgehead atoms. The molecule has 100 valence electrons. The van der Waals surface area contributed by atoms with Gasteiger partial charge in [-0.3, -0.25) is 0 Å². The SMILES string of the molecule is C/C(CSCCOCCSC/C(C)=N/O)=N\O. The summed E-state index contributed by atoms with van der Waals surface area (Å²) in [6.45, 7) is 4.99. The van der Waals surface area contributed by atoms with E-state index in [0.717, 1.165) is 34.4 Å². The van der Waals surface area contributed by atoms with Gasteiger partial charge in [-0.25, -0.2) is 0 Å². The van der Waals surface area contributed by atoms with Crippen LogP contribution in [0.2, 0.25) is 0 Å². The summed E-state index contributed by atoms with van der Waals surface area (Å²) in [5.74, 6) is 3.27. The zero-order valence-corrected chi connectivity index (χ0v) is 11.9. The first-order valence-electron chi connectivity index (χ1n) is 5.29. The maximum absolute atomic E-state index is 8.41. The lowest BCUT2D eigenvalue weighted by Crippen LogP contribution is -2.05. The molecule has 0 aliphatic carbocycles. The van der Waals surface area contributed by atoms with Gasteiger partial charge in [0.25, 0.3) is 0 Å². The number of rotatable bonds is 10. The summed E-state index contributed by atoms with van der Waals surface area (Å²) in [7, 11) is 0. The van der Waals surface area contributed by atoms with Gasteiger partial charge in [-0.2, -0.15) is 23.5 Å². The summed E-state index contributed by atoms with van der Waals surface area (Å²) in [6.07, 6.45) is 0. The fourth-order valence-corrected chi connectivity index (χ4v) is 2.30. The second-order valence-corrected chi connectivity index (χ2v) is 5.60. The Hall–Kier alpha value is -0.400. The Morgan fingerprint density at radius 3 is 1.71 bits per heavy atom. The molecule has 0 spiro atoms. The van der Waals surface area contributed by atoms with E-state index in [9.17, 15) is 0 Å². The Bertz CT molecular complexity index is 224. The van der Waals surface area contributed by atoms with Crippen LogP contribution in [0, 0.1) is 0 Å². The van der Waals surface area contributed by atoms with E-state index in [2.05, 4.69) is 10.3 Å². The summed E-state index contributed by atoms with van der Waals surface area (Å²) in [4.78, 5) is 0. The average Bonchev–Trinajstić information content (AvgIpc) is 2.35. The van der Waals surface area contributed by atoms with E-state index in [1.54, 1.807) is 37.4 Å². The van der Waals surface area contributed by atoms with Gasteiger partial charge in [0.15, 0.2) is 0 Å². The molecule has 17 heavy (non-hydrogen) atoms. The van der Waals surface area contributed by atoms with Crippen molar-refractivity contribution in [2.45, 2.75) is 13.8 Å². The minimum atomic E-state index is 0.705. The summed E-state index contributed by atoms with van der Waals surface area (Å²) in [6, 6.07) is 0. The van der Waals surface area contributed by atoms with Crippen molar-refractivity contribution in [3.63, 3.8) is 0 Å². The molecule has 0 unspecified atom stereocenters. The summed E-state index contributed by atoms with van der Waals surface area (Å²) < 4.78 is 5.42. The van der Waals surface area contributed by atoms with Crippen molar-refractivity contribution in [3.05, 3.63) is 0 Å². The average molecular weight is 280 g/mol. The van der Waals surface area contributed by atoms with E-state index in [4.69, 9.17) is 15.2 Å². The predicted molar refractivity (Wildman–Crippen MR) is 75.3 cm³/mol. The van der Waals surface area contributed by atoms with Crippen LogP contribution in [-0.2, 0) is 4.74 Å². The van der Waals surface area contributed by atoms with Crippen LogP contribution in [0.15, 0.2) is 10.3 Å². The Morgan fingerprint density at radius 2 is 1.35 bits per heavy atom. The van der Waals surface area contributed by atoms with Crippen molar-refractivity contribution >= 4 is 34.9 Å². The van der Waals surface area contributed by atoms with Crippen LogP contribution < -0.4 is 0 Å². The second-order valence-electron chi connectivity index (χ2n) is 3.39. The standard InChI is InChI=1S/C10H20N2O3S2/c1-9(11-13)7-16-5-3-15-4-6-17-8-10(2)12-14/h13-14H,3-8H2,1-2H3/b11-9+,12-10+. The van der Waals surface area contributed by atoms with Gasteiger partial charge in [-0.1, -0.05) is 10.3 Å². The third-order valence-electron chi connectivity index (χ3n) is 1.71. The molecule has 0 aliphatic rings. The molecule has 0 radical (unpaired) electrons. The second kappa shape index (κ2) is 12.1. The minimum absolute atomic E-state index is 0.705. The molecule has 5 nitrogen and oxygen atoms in total. The summed E-state index contributed by atoms with van der Waals surface area (Å²) >= 11 is 3.37. The van der Waals surface area contributed by atoms with E-state index in [0.29, 0.717) is 13.2 Å². The lowest BCUT2D eigenvalue weighted by atomic mass is 10.5. The zero-order chi connectivity index (χ0) is 12.9. The first kappa shape index (κ1) is 16.6. The Balaban J connectivity index is 3.14. The topological polar surface area (TPSA) is 74.4 Å². The zero-order valence-electron chi connectivity index (χ0n) is 10.3. The monoisotopic (exact) mass is 280 g/mol. The Kier molecular flexibility index (Phi) is 11.8. The van der Waals surface area contributed by atoms with Gasteiger partial charge >= 0.3 is 0 Å². The highest BCUT2D eigenvalue weighted by Crippen LogP contribution is 2.03. The highest BCUT2D eigenvalue weighted by Gasteiger charge is 1.95. The number of thioether (sulfide) groups is 2. The number of hydrogen-bond donors (Lipinski definition) is 2. The fourth-order valence-electron chi connectivity index (χ4n) is 0.835. The van der Waals surface area contributed by atoms with E-state index in [1.807, 2.05) is 0 Å². The molecule has 0 aromatic heterocycles. The highest BCUT2D eigenvalue weighted by atomic mass is 32.2. The Labute approximate surface area is 111 Å². The van der Waals surface area contributed by atoms with Crippen molar-refractivity contribution in [3.8, 4) is 0 Å². The van der Waals surface area contributed by atoms with Gasteiger partial charge in [0.1, 0.15) is 0 Å². The molecule has 0 atom stereocenters. The summed E-state index contributed by atoms with van der Waals surface area (Å²) in [5, 5.41) is 23.0. The molecular weight excluding hydrogens is 260 g/mol. The number of ether oxygens (including phenoxy) is 1. The fraction of sp³-hybridized carbons (Fsp3) is 0.800. The number of oxime groups is 2. The van der Waals surface area contributed by atoms with Crippen LogP contribution >= 0.6 is 23.5 Å². The molecule has 0 aromatic carbocycles. The molecule has 0 aliphatic heterocycles. The van der Waals surface area contributed by atoms with Gasteiger partial charge < -0.3 is 15.2 Å². The molecular formula is C10H20N2O3S2. The maximum atomic E-state index is 8.41. The van der Waals surface area contributed by atoms with Crippen LogP contribution in [0.25, 0.3) is 0 Å². The van der Waals surface area contributed by atoms with Crippen LogP contribution in [0.3, 0.4) is 0 Å². The molecule has 0 fully saturated rings. The Morgan fingerprint density at radius 1 is 0.941 bits per heavy atom. The van der Waals surface area contributed by atoms with Gasteiger partial charge in [0, 0.05) is 23.0 Å². The molecule has 2 N–H and O–H groups in total. The van der Waals surface area contributed by atoms with Crippen LogP contribution in [0.4, 0.5) is 0 Å². The molecule has 0 saturated heterocycles. The minimum Gasteiger partial charge on any atom is -0.411 e. The van der Waals surface area contributed by atoms with E-state index < -0.39 is 0 Å². The van der Waals surface area contributed by atoms with Crippen molar-refractivity contribution in [1.29, 1.82) is 0 Å². The van der Waals surface area contributed by atoms with Crippen molar-refractivity contribution in [2.24, 2.45) is 10.3 Å². The third-order valence-corrected chi connectivity index (χ3v) is 3.86. The smallest absolute Gasteiger partial charge is 0.0638 e. The van der Waals surface area contributed by atoms with Crippen LogP contribution in [0.1, 0.15) is 13.8 Å². The highest BCUT2D eigenvalue weighted by molar-refractivity contribution is 8.00. The number of hydrogen-bond acceptors (Lipinski definition) is 7. The normalized spacial score (nSPS) is 13.1. The molecule has 0 aromatic rings. The van der Waals surface area contributed by atoms with Gasteiger partial charge in [-0.15, -0.1) is 0 Å². The molecule has 0 saturated carbocycles. The van der Waals surface area contributed by atoms with Gasteiger partial charge in [-0.05, 0) is 13.8 Å². The predicted octanol–water partition coefficient (Wildman–Crippen LogP) is 2.17. The molecule has 7 heteroatoms. The van der Waals surface area contributed by atoms with Gasteiger partial charge in [0.05, 0.1) is 24.6 Å². The van der Waals surface area contributed by atoms with Gasteiger partial charge in [0.2, 0.25) is 0 Å². The van der Waals surface area contributed by atoms with Crippen molar-refractivity contribution in [1.82, 2.24) is 0 Å². The van der Waals surface area contributed by atoms with Crippen LogP contribution in [-0.4, -0.2) is 58.1 Å². The van der Waals surface area contributed by atoms with Crippen LogP contribution in [0.5, 0.6) is 0 Å². The molecule has 0 amide bonds. The summed E-state index contributed by atoms with van der Waals surface area (Å²) in [5.41, 5.74) is 1.45. The van der Waals surface area contributed by atoms with Crippen molar-refractivity contribution < 1.29 is 15.2 Å². The number of nitrogens with zero attached hydrogens (tertiary/aromatic N) is 2. The first-order chi connectivity index (χ1) is 8.20. The first-order valence-corrected chi connectivity index (χ1v) is 7.60. The maximum Gasteiger partial charge on any atom is 0.0638 e. The van der Waals surface area contributed by atoms with E-state index in [1.165, 1.54) is 0 Å². The third kappa shape index (κ3) is 11.9. The van der Waals surface area contributed by atoms with E-state index in [-0.39, 0.29) is 0 Å². The lowest BCUT2D eigenvalue weighted by Gasteiger charge is -2.03.